The van der Waals surface area contributed by atoms with E-state index >= 15 is 0 Å². The van der Waals surface area contributed by atoms with Crippen molar-refractivity contribution < 1.29 is 5.76 Å². The number of nitrogens with zero attached hydrogens (tertiary/aromatic N) is 5. The molecule has 2 aliphatic carbocycles. The van der Waals surface area contributed by atoms with Gasteiger partial charge in [0.15, 0.2) is 0 Å². The van der Waals surface area contributed by atoms with Crippen LogP contribution in [-0.2, 0) is 0 Å². The molecule has 0 spiro atoms. The molecule has 6 rings (SSSR count). The zero-order chi connectivity index (χ0) is 27.1. The van der Waals surface area contributed by atoms with Gasteiger partial charge in [0.1, 0.15) is 17.6 Å². The molecule has 3 atom stereocenters. The van der Waals surface area contributed by atoms with Gasteiger partial charge in [-0.15, -0.1) is 5.10 Å². The van der Waals surface area contributed by atoms with Crippen LogP contribution in [0.15, 0.2) is 48.8 Å². The Hall–Kier alpha value is -3.70. The largest absolute Gasteiger partial charge is 0.380 e. The van der Waals surface area contributed by atoms with Gasteiger partial charge < -0.3 is 10.6 Å². The van der Waals surface area contributed by atoms with E-state index in [1.54, 1.807) is 35.3 Å². The number of anilines is 2. The summed E-state index contributed by atoms with van der Waals surface area (Å²) in [5.41, 5.74) is 3.14. The highest BCUT2D eigenvalue weighted by molar-refractivity contribution is 6.35. The fourth-order valence-electron chi connectivity index (χ4n) is 5.24. The third-order valence-corrected chi connectivity index (χ3v) is 7.86. The lowest BCUT2D eigenvalue weighted by Crippen LogP contribution is -2.30. The minimum Gasteiger partial charge on any atom is -0.380 e. The van der Waals surface area contributed by atoms with E-state index in [2.05, 4.69) is 38.9 Å². The lowest BCUT2D eigenvalue weighted by Gasteiger charge is -2.31. The van der Waals surface area contributed by atoms with Crippen molar-refractivity contribution in [2.24, 2.45) is 5.92 Å². The quantitative estimate of drug-likeness (QED) is 0.267. The SMILES string of the molecule is [2H]C(Nc1cc(Cl)c2ncc(C#N)c(NC3CCCCC3C)c2c1)(c1ccc(F)cc1)c1cn(C2CC2)nn1. The number of nitrogens with one attached hydrogen (secondary N) is 2. The van der Waals surface area contributed by atoms with Crippen molar-refractivity contribution in [2.75, 3.05) is 10.6 Å². The van der Waals surface area contributed by atoms with Gasteiger partial charge in [0.25, 0.3) is 0 Å². The number of hydrogen-bond donors (Lipinski definition) is 2. The number of hydrogen-bond acceptors (Lipinski definition) is 6. The monoisotopic (exact) mass is 530 g/mol. The smallest absolute Gasteiger partial charge is 0.123 e. The number of nitriles is 1. The Balaban J connectivity index is 1.45. The standard InChI is InChI=1S/C29H29ClFN7/c1-17-4-2-3-5-25(17)35-27-19(14-32)15-33-29-23(27)12-21(13-24(29)30)34-28(18-6-8-20(31)9-7-18)26-16-38(37-36-26)22-10-11-22/h6-9,12-13,15-17,22,25,28,34H,2-5,10-11H2,1H3,(H,33,35)/i28D. The van der Waals surface area contributed by atoms with Crippen LogP contribution in [-0.4, -0.2) is 26.0 Å². The summed E-state index contributed by atoms with van der Waals surface area (Å²) in [6, 6.07) is 10.6. The van der Waals surface area contributed by atoms with Crippen LogP contribution in [0.5, 0.6) is 0 Å². The van der Waals surface area contributed by atoms with Gasteiger partial charge in [-0.2, -0.15) is 5.26 Å². The highest BCUT2D eigenvalue weighted by Crippen LogP contribution is 2.38. The fraction of sp³-hybridized carbons (Fsp3) is 0.379. The van der Waals surface area contributed by atoms with Crippen molar-refractivity contribution in [3.05, 3.63) is 76.5 Å². The number of aromatic nitrogens is 4. The van der Waals surface area contributed by atoms with Crippen LogP contribution < -0.4 is 10.6 Å². The first-order valence-electron chi connectivity index (χ1n) is 13.6. The first kappa shape index (κ1) is 23.4. The molecule has 2 N–H and O–H groups in total. The van der Waals surface area contributed by atoms with Crippen molar-refractivity contribution >= 4 is 33.9 Å². The second-order valence-corrected chi connectivity index (χ2v) is 10.8. The topological polar surface area (TPSA) is 91.5 Å². The van der Waals surface area contributed by atoms with Crippen LogP contribution >= 0.6 is 11.6 Å². The van der Waals surface area contributed by atoms with E-state index in [1.807, 2.05) is 6.07 Å². The van der Waals surface area contributed by atoms with Gasteiger partial charge in [-0.25, -0.2) is 9.07 Å². The van der Waals surface area contributed by atoms with E-state index in [9.17, 15) is 11.0 Å². The Labute approximate surface area is 227 Å². The molecule has 0 bridgehead atoms. The molecule has 0 radical (unpaired) electrons. The van der Waals surface area contributed by atoms with E-state index in [1.165, 1.54) is 18.6 Å². The van der Waals surface area contributed by atoms with Crippen LogP contribution in [0, 0.1) is 23.1 Å². The third-order valence-electron chi connectivity index (χ3n) is 7.58. The predicted molar refractivity (Wildman–Crippen MR) is 147 cm³/mol. The van der Waals surface area contributed by atoms with E-state index in [4.69, 9.17) is 11.6 Å². The van der Waals surface area contributed by atoms with Crippen molar-refractivity contribution in [3.63, 3.8) is 0 Å². The molecule has 0 amide bonds. The Morgan fingerprint density at radius 3 is 2.71 bits per heavy atom. The Bertz CT molecular complexity index is 1560. The van der Waals surface area contributed by atoms with Crippen LogP contribution in [0.1, 0.15) is 75.7 Å². The van der Waals surface area contributed by atoms with Crippen LogP contribution in [0.2, 0.25) is 5.02 Å². The second-order valence-electron chi connectivity index (χ2n) is 10.3. The summed E-state index contributed by atoms with van der Waals surface area (Å²) < 4.78 is 25.2. The summed E-state index contributed by atoms with van der Waals surface area (Å²) in [5, 5.41) is 26.5. The Morgan fingerprint density at radius 2 is 1.97 bits per heavy atom. The highest BCUT2D eigenvalue weighted by atomic mass is 35.5. The second kappa shape index (κ2) is 10.2. The maximum atomic E-state index is 13.8. The van der Waals surface area contributed by atoms with Gasteiger partial charge in [-0.1, -0.05) is 48.7 Å². The van der Waals surface area contributed by atoms with Crippen molar-refractivity contribution in [1.29, 1.82) is 5.26 Å². The Morgan fingerprint density at radius 1 is 1.18 bits per heavy atom. The molecular formula is C29H29ClFN7. The first-order chi connectivity index (χ1) is 18.9. The molecule has 2 aliphatic rings. The molecule has 2 saturated carbocycles. The fourth-order valence-corrected chi connectivity index (χ4v) is 5.51. The van der Waals surface area contributed by atoms with Crippen molar-refractivity contribution in [2.45, 2.75) is 63.6 Å². The normalized spacial score (nSPS) is 21.4. The maximum absolute atomic E-state index is 13.8. The molecular weight excluding hydrogens is 501 g/mol. The molecule has 7 nitrogen and oxygen atoms in total. The molecule has 0 aliphatic heterocycles. The van der Waals surface area contributed by atoms with E-state index in [-0.39, 0.29) is 11.9 Å². The molecule has 38 heavy (non-hydrogen) atoms. The third kappa shape index (κ3) is 4.91. The molecule has 2 fully saturated rings. The first-order valence-corrected chi connectivity index (χ1v) is 13.5. The maximum Gasteiger partial charge on any atom is 0.123 e. The summed E-state index contributed by atoms with van der Waals surface area (Å²) in [6.07, 6.45) is 9.90. The number of rotatable bonds is 7. The van der Waals surface area contributed by atoms with Gasteiger partial charge in [0.05, 0.1) is 41.4 Å². The lowest BCUT2D eigenvalue weighted by molar-refractivity contribution is 0.349. The number of pyridine rings is 1. The van der Waals surface area contributed by atoms with Crippen molar-refractivity contribution in [1.82, 2.24) is 20.0 Å². The average Bonchev–Trinajstić information content (AvgIpc) is 3.66. The minimum atomic E-state index is -1.58. The minimum absolute atomic E-state index is 0.235. The average molecular weight is 531 g/mol. The number of benzene rings is 2. The summed E-state index contributed by atoms with van der Waals surface area (Å²) in [6.45, 7) is 2.23. The summed E-state index contributed by atoms with van der Waals surface area (Å²) >= 11 is 6.74. The van der Waals surface area contributed by atoms with Crippen molar-refractivity contribution in [3.8, 4) is 6.07 Å². The van der Waals surface area contributed by atoms with Gasteiger partial charge in [-0.05, 0) is 61.4 Å². The molecule has 2 aromatic heterocycles. The van der Waals surface area contributed by atoms with E-state index in [0.717, 1.165) is 32.1 Å². The van der Waals surface area contributed by atoms with Gasteiger partial charge in [0.2, 0.25) is 0 Å². The van der Waals surface area contributed by atoms with Gasteiger partial charge in [-0.3, -0.25) is 4.98 Å². The zero-order valence-corrected chi connectivity index (χ0v) is 21.8. The number of halogens is 2. The zero-order valence-electron chi connectivity index (χ0n) is 22.1. The molecule has 194 valence electrons. The lowest BCUT2D eigenvalue weighted by atomic mass is 9.85. The molecule has 2 aromatic carbocycles. The predicted octanol–water partition coefficient (Wildman–Crippen LogP) is 7.02. The van der Waals surface area contributed by atoms with Gasteiger partial charge in [0, 0.05) is 23.3 Å². The number of fused-ring (bicyclic) bond motifs is 1. The van der Waals surface area contributed by atoms with Crippen LogP contribution in [0.25, 0.3) is 10.9 Å². The Kier molecular flexibility index (Phi) is 6.30. The van der Waals surface area contributed by atoms with Crippen LogP contribution in [0.3, 0.4) is 0 Å². The summed E-state index contributed by atoms with van der Waals surface area (Å²) in [4.78, 5) is 4.48. The van der Waals surface area contributed by atoms with Crippen LogP contribution in [0.4, 0.5) is 15.8 Å². The molecule has 0 saturated heterocycles. The molecule has 3 unspecified atom stereocenters. The molecule has 4 aromatic rings. The van der Waals surface area contributed by atoms with E-state index < -0.39 is 6.02 Å². The summed E-state index contributed by atoms with van der Waals surface area (Å²) in [7, 11) is 0. The van der Waals surface area contributed by atoms with Gasteiger partial charge >= 0.3 is 0 Å². The highest BCUT2D eigenvalue weighted by Gasteiger charge is 2.28. The molecule has 2 heterocycles. The molecule has 9 heteroatoms. The van der Waals surface area contributed by atoms with E-state index in [0.29, 0.717) is 56.1 Å². The summed E-state index contributed by atoms with van der Waals surface area (Å²) in [5.74, 6) is 0.0815.